The van der Waals surface area contributed by atoms with Gasteiger partial charge in [0.05, 0.1) is 6.61 Å². The van der Waals surface area contributed by atoms with E-state index in [9.17, 15) is 0 Å². The number of piperidine rings is 1. The first-order valence-corrected chi connectivity index (χ1v) is 7.24. The van der Waals surface area contributed by atoms with E-state index in [2.05, 4.69) is 48.5 Å². The molecule has 0 spiro atoms. The third kappa shape index (κ3) is 3.95. The van der Waals surface area contributed by atoms with Crippen LogP contribution in [0.3, 0.4) is 0 Å². The van der Waals surface area contributed by atoms with E-state index in [1.807, 2.05) is 0 Å². The molecule has 1 aliphatic heterocycles. The molecule has 106 valence electrons. The smallest absolute Gasteiger partial charge is 0.0503 e. The lowest BCUT2D eigenvalue weighted by molar-refractivity contribution is 0.190. The zero-order valence-corrected chi connectivity index (χ0v) is 12.4. The Hall–Kier alpha value is -1.06. The Morgan fingerprint density at radius 3 is 2.89 bits per heavy atom. The summed E-state index contributed by atoms with van der Waals surface area (Å²) in [6, 6.07) is 9.85. The number of hydrogen-bond acceptors (Lipinski definition) is 3. The van der Waals surface area contributed by atoms with E-state index in [4.69, 9.17) is 4.74 Å². The number of nitrogens with zero attached hydrogens (tertiary/aromatic N) is 1. The van der Waals surface area contributed by atoms with Gasteiger partial charge in [0.1, 0.15) is 0 Å². The average Bonchev–Trinajstić information content (AvgIpc) is 2.42. The van der Waals surface area contributed by atoms with Crippen LogP contribution in [-0.4, -0.2) is 44.3 Å². The Morgan fingerprint density at radius 2 is 2.16 bits per heavy atom. The molecule has 0 saturated carbocycles. The largest absolute Gasteiger partial charge is 0.384 e. The minimum atomic E-state index is 0.592. The molecule has 0 radical (unpaired) electrons. The van der Waals surface area contributed by atoms with Crippen molar-refractivity contribution in [3.8, 4) is 0 Å². The molecular weight excluding hydrogens is 236 g/mol. The zero-order valence-electron chi connectivity index (χ0n) is 12.4. The number of para-hydroxylation sites is 1. The summed E-state index contributed by atoms with van der Waals surface area (Å²) in [5.74, 6) is 0. The van der Waals surface area contributed by atoms with E-state index in [1.165, 1.54) is 30.6 Å². The fourth-order valence-electron chi connectivity index (χ4n) is 2.73. The molecule has 3 heteroatoms. The third-order valence-electron chi connectivity index (χ3n) is 4.16. The lowest BCUT2D eigenvalue weighted by Gasteiger charge is -2.36. The minimum Gasteiger partial charge on any atom is -0.384 e. The standard InChI is InChI=1S/C16H26N2O/c1-13-12-15(8-10-18(13)2)17-16-7-5-4-6-14(16)9-11-19-3/h4-7,13,15,17H,8-12H2,1-3H3. The molecule has 0 bridgehead atoms. The van der Waals surface area contributed by atoms with Gasteiger partial charge in [0.25, 0.3) is 0 Å². The van der Waals surface area contributed by atoms with E-state index in [0.29, 0.717) is 12.1 Å². The summed E-state index contributed by atoms with van der Waals surface area (Å²) < 4.78 is 5.19. The lowest BCUT2D eigenvalue weighted by Crippen LogP contribution is -2.42. The summed E-state index contributed by atoms with van der Waals surface area (Å²) in [6.45, 7) is 4.27. The maximum absolute atomic E-state index is 5.19. The number of methoxy groups -OCH3 is 1. The Balaban J connectivity index is 1.98. The summed E-state index contributed by atoms with van der Waals surface area (Å²) in [5.41, 5.74) is 2.64. The molecule has 1 heterocycles. The summed E-state index contributed by atoms with van der Waals surface area (Å²) in [6.07, 6.45) is 3.41. The molecule has 1 aromatic rings. The monoisotopic (exact) mass is 262 g/mol. The van der Waals surface area contributed by atoms with Crippen LogP contribution in [0.15, 0.2) is 24.3 Å². The number of nitrogens with one attached hydrogen (secondary N) is 1. The molecule has 0 aliphatic carbocycles. The number of anilines is 1. The topological polar surface area (TPSA) is 24.5 Å². The average molecular weight is 262 g/mol. The Kier molecular flexibility index (Phi) is 5.23. The maximum atomic E-state index is 5.19. The number of benzene rings is 1. The number of ether oxygens (including phenoxy) is 1. The van der Waals surface area contributed by atoms with Gasteiger partial charge < -0.3 is 15.0 Å². The van der Waals surface area contributed by atoms with Gasteiger partial charge in [0, 0.05) is 31.4 Å². The molecule has 2 atom stereocenters. The second kappa shape index (κ2) is 6.92. The Labute approximate surface area is 116 Å². The molecule has 2 rings (SSSR count). The number of rotatable bonds is 5. The molecule has 1 fully saturated rings. The van der Waals surface area contributed by atoms with E-state index in [1.54, 1.807) is 7.11 Å². The quantitative estimate of drug-likeness (QED) is 0.883. The van der Waals surface area contributed by atoms with Crippen molar-refractivity contribution in [2.75, 3.05) is 32.6 Å². The molecule has 0 aromatic heterocycles. The summed E-state index contributed by atoms with van der Waals surface area (Å²) in [7, 11) is 3.97. The molecule has 1 saturated heterocycles. The van der Waals surface area contributed by atoms with Crippen molar-refractivity contribution in [2.45, 2.75) is 38.3 Å². The molecule has 0 amide bonds. The van der Waals surface area contributed by atoms with Crippen LogP contribution in [-0.2, 0) is 11.2 Å². The predicted octanol–water partition coefficient (Wildman–Crippen LogP) is 2.77. The van der Waals surface area contributed by atoms with E-state index < -0.39 is 0 Å². The predicted molar refractivity (Wildman–Crippen MR) is 80.8 cm³/mol. The molecule has 2 unspecified atom stereocenters. The number of hydrogen-bond donors (Lipinski definition) is 1. The summed E-state index contributed by atoms with van der Waals surface area (Å²) in [4.78, 5) is 2.44. The fourth-order valence-corrected chi connectivity index (χ4v) is 2.73. The van der Waals surface area contributed by atoms with Crippen molar-refractivity contribution in [3.63, 3.8) is 0 Å². The van der Waals surface area contributed by atoms with Crippen LogP contribution in [0.2, 0.25) is 0 Å². The lowest BCUT2D eigenvalue weighted by atomic mass is 9.98. The Morgan fingerprint density at radius 1 is 1.37 bits per heavy atom. The first kappa shape index (κ1) is 14.4. The van der Waals surface area contributed by atoms with Crippen molar-refractivity contribution in [3.05, 3.63) is 29.8 Å². The normalized spacial score (nSPS) is 24.4. The maximum Gasteiger partial charge on any atom is 0.0503 e. The van der Waals surface area contributed by atoms with Crippen LogP contribution < -0.4 is 5.32 Å². The van der Waals surface area contributed by atoms with Gasteiger partial charge in [-0.3, -0.25) is 0 Å². The minimum absolute atomic E-state index is 0.592. The van der Waals surface area contributed by atoms with E-state index in [0.717, 1.165) is 13.0 Å². The third-order valence-corrected chi connectivity index (χ3v) is 4.16. The highest BCUT2D eigenvalue weighted by Gasteiger charge is 2.22. The number of likely N-dealkylation sites (tertiary alicyclic amines) is 1. The molecule has 1 aromatic carbocycles. The van der Waals surface area contributed by atoms with E-state index in [-0.39, 0.29) is 0 Å². The van der Waals surface area contributed by atoms with Gasteiger partial charge in [-0.25, -0.2) is 0 Å². The SMILES string of the molecule is COCCc1ccccc1NC1CCN(C)C(C)C1. The van der Waals surface area contributed by atoms with Crippen molar-refractivity contribution in [2.24, 2.45) is 0 Å². The van der Waals surface area contributed by atoms with Gasteiger partial charge in [0.2, 0.25) is 0 Å². The zero-order chi connectivity index (χ0) is 13.7. The molecule has 19 heavy (non-hydrogen) atoms. The van der Waals surface area contributed by atoms with Gasteiger partial charge in [-0.15, -0.1) is 0 Å². The van der Waals surface area contributed by atoms with Gasteiger partial charge in [-0.05, 0) is 44.9 Å². The van der Waals surface area contributed by atoms with Crippen LogP contribution in [0.1, 0.15) is 25.3 Å². The van der Waals surface area contributed by atoms with Crippen LogP contribution in [0.25, 0.3) is 0 Å². The van der Waals surface area contributed by atoms with Crippen LogP contribution in [0, 0.1) is 0 Å². The highest BCUT2D eigenvalue weighted by molar-refractivity contribution is 5.52. The van der Waals surface area contributed by atoms with E-state index >= 15 is 0 Å². The summed E-state index contributed by atoms with van der Waals surface area (Å²) >= 11 is 0. The second-order valence-electron chi connectivity index (χ2n) is 5.60. The van der Waals surface area contributed by atoms with Gasteiger partial charge >= 0.3 is 0 Å². The van der Waals surface area contributed by atoms with Gasteiger partial charge in [-0.2, -0.15) is 0 Å². The van der Waals surface area contributed by atoms with Crippen molar-refractivity contribution >= 4 is 5.69 Å². The highest BCUT2D eigenvalue weighted by atomic mass is 16.5. The van der Waals surface area contributed by atoms with Crippen molar-refractivity contribution in [1.82, 2.24) is 4.90 Å². The molecule has 1 aliphatic rings. The highest BCUT2D eigenvalue weighted by Crippen LogP contribution is 2.22. The van der Waals surface area contributed by atoms with Crippen LogP contribution in [0.4, 0.5) is 5.69 Å². The first-order valence-electron chi connectivity index (χ1n) is 7.24. The van der Waals surface area contributed by atoms with Crippen molar-refractivity contribution in [1.29, 1.82) is 0 Å². The van der Waals surface area contributed by atoms with Crippen molar-refractivity contribution < 1.29 is 4.74 Å². The second-order valence-corrected chi connectivity index (χ2v) is 5.60. The van der Waals surface area contributed by atoms with Crippen LogP contribution in [0.5, 0.6) is 0 Å². The first-order chi connectivity index (χ1) is 9.20. The van der Waals surface area contributed by atoms with Gasteiger partial charge in [0.15, 0.2) is 0 Å². The van der Waals surface area contributed by atoms with Gasteiger partial charge in [-0.1, -0.05) is 18.2 Å². The molecular formula is C16H26N2O. The Bertz CT molecular complexity index is 394. The molecule has 1 N–H and O–H groups in total. The van der Waals surface area contributed by atoms with Crippen LogP contribution >= 0.6 is 0 Å². The molecule has 3 nitrogen and oxygen atoms in total. The summed E-state index contributed by atoms with van der Waals surface area (Å²) in [5, 5.41) is 3.73. The fraction of sp³-hybridized carbons (Fsp3) is 0.625.